The standard InChI is InChI=1S/C17H6Cl6N2O2/c18-7-1-3-9(20)15(22)13(7)11-5-6-12(25(26)27)17(24-11)14-8(19)2-4-10(21)16(14)23/h1-6H. The maximum atomic E-state index is 11.5. The fourth-order valence-electron chi connectivity index (χ4n) is 2.43. The number of rotatable bonds is 3. The van der Waals surface area contributed by atoms with Crippen molar-refractivity contribution in [3.05, 3.63) is 76.6 Å². The van der Waals surface area contributed by atoms with E-state index in [2.05, 4.69) is 4.98 Å². The SMILES string of the molecule is O=[N+]([O-])c1ccc(-c2c(Cl)ccc(Cl)c2Cl)nc1-c1c(Cl)ccc(Cl)c1Cl. The first-order valence-corrected chi connectivity index (χ1v) is 9.42. The maximum Gasteiger partial charge on any atom is 0.295 e. The molecule has 27 heavy (non-hydrogen) atoms. The Bertz CT molecular complexity index is 1090. The summed E-state index contributed by atoms with van der Waals surface area (Å²) in [7, 11) is 0. The Hall–Kier alpha value is -1.27. The summed E-state index contributed by atoms with van der Waals surface area (Å²) in [5.41, 5.74) is 0.353. The highest BCUT2D eigenvalue weighted by atomic mass is 35.5. The molecule has 0 spiro atoms. The lowest BCUT2D eigenvalue weighted by atomic mass is 10.1. The van der Waals surface area contributed by atoms with Gasteiger partial charge in [0.1, 0.15) is 0 Å². The predicted octanol–water partition coefficient (Wildman–Crippen LogP) is 8.24. The zero-order valence-corrected chi connectivity index (χ0v) is 17.5. The number of pyridine rings is 1. The molecule has 0 aliphatic carbocycles. The summed E-state index contributed by atoms with van der Waals surface area (Å²) >= 11 is 37.1. The van der Waals surface area contributed by atoms with Crippen LogP contribution in [-0.2, 0) is 0 Å². The van der Waals surface area contributed by atoms with Gasteiger partial charge in [-0.3, -0.25) is 10.1 Å². The van der Waals surface area contributed by atoms with E-state index < -0.39 is 4.92 Å². The number of nitro groups is 1. The highest BCUT2D eigenvalue weighted by molar-refractivity contribution is 6.47. The van der Waals surface area contributed by atoms with Crippen LogP contribution in [0.2, 0.25) is 30.1 Å². The molecule has 1 aromatic heterocycles. The molecule has 138 valence electrons. The van der Waals surface area contributed by atoms with Crippen molar-refractivity contribution >= 4 is 75.3 Å². The summed E-state index contributed by atoms with van der Waals surface area (Å²) in [4.78, 5) is 15.3. The molecular formula is C17H6Cl6N2O2. The Labute approximate surface area is 183 Å². The molecule has 3 rings (SSSR count). The van der Waals surface area contributed by atoms with E-state index in [0.29, 0.717) is 5.56 Å². The van der Waals surface area contributed by atoms with Crippen LogP contribution in [0.3, 0.4) is 0 Å². The van der Waals surface area contributed by atoms with Gasteiger partial charge in [-0.05, 0) is 30.3 Å². The molecule has 0 bridgehead atoms. The van der Waals surface area contributed by atoms with Crippen LogP contribution in [0.15, 0.2) is 36.4 Å². The van der Waals surface area contributed by atoms with Crippen molar-refractivity contribution in [1.29, 1.82) is 0 Å². The first kappa shape index (κ1) is 20.5. The average molecular weight is 483 g/mol. The topological polar surface area (TPSA) is 56.0 Å². The van der Waals surface area contributed by atoms with E-state index in [9.17, 15) is 10.1 Å². The van der Waals surface area contributed by atoms with Crippen molar-refractivity contribution in [1.82, 2.24) is 4.98 Å². The number of aromatic nitrogens is 1. The summed E-state index contributed by atoms with van der Waals surface area (Å²) < 4.78 is 0. The van der Waals surface area contributed by atoms with Crippen LogP contribution in [0, 0.1) is 10.1 Å². The molecule has 2 aromatic carbocycles. The van der Waals surface area contributed by atoms with Crippen LogP contribution < -0.4 is 0 Å². The zero-order chi connectivity index (χ0) is 19.9. The molecule has 3 aromatic rings. The summed E-state index contributed by atoms with van der Waals surface area (Å²) in [5, 5.41) is 12.6. The number of hydrogen-bond acceptors (Lipinski definition) is 3. The maximum absolute atomic E-state index is 11.5. The number of benzene rings is 2. The number of nitrogens with zero attached hydrogens (tertiary/aromatic N) is 2. The summed E-state index contributed by atoms with van der Waals surface area (Å²) in [5.74, 6) is 0. The van der Waals surface area contributed by atoms with Crippen molar-refractivity contribution in [2.75, 3.05) is 0 Å². The molecule has 10 heteroatoms. The first-order valence-electron chi connectivity index (χ1n) is 7.15. The smallest absolute Gasteiger partial charge is 0.258 e. The van der Waals surface area contributed by atoms with Gasteiger partial charge in [0, 0.05) is 17.2 Å². The number of halogens is 6. The van der Waals surface area contributed by atoms with Crippen LogP contribution in [0.1, 0.15) is 0 Å². The van der Waals surface area contributed by atoms with Crippen molar-refractivity contribution < 1.29 is 4.92 Å². The van der Waals surface area contributed by atoms with Crippen molar-refractivity contribution in [3.63, 3.8) is 0 Å². The van der Waals surface area contributed by atoms with Gasteiger partial charge in [-0.25, -0.2) is 4.98 Å². The lowest BCUT2D eigenvalue weighted by molar-refractivity contribution is -0.384. The average Bonchev–Trinajstić information content (AvgIpc) is 2.62. The first-order chi connectivity index (χ1) is 12.7. The Balaban J connectivity index is 2.37. The van der Waals surface area contributed by atoms with E-state index in [0.717, 1.165) is 0 Å². The van der Waals surface area contributed by atoms with Gasteiger partial charge >= 0.3 is 0 Å². The second-order valence-corrected chi connectivity index (χ2v) is 7.64. The minimum Gasteiger partial charge on any atom is -0.258 e. The minimum absolute atomic E-state index is 0.0419. The molecule has 0 fully saturated rings. The Morgan fingerprint density at radius 1 is 0.704 bits per heavy atom. The van der Waals surface area contributed by atoms with E-state index in [-0.39, 0.29) is 52.8 Å². The van der Waals surface area contributed by atoms with Gasteiger partial charge in [-0.15, -0.1) is 0 Å². The van der Waals surface area contributed by atoms with Crippen LogP contribution in [-0.4, -0.2) is 9.91 Å². The summed E-state index contributed by atoms with van der Waals surface area (Å²) in [6.07, 6.45) is 0. The quantitative estimate of drug-likeness (QED) is 0.214. The van der Waals surface area contributed by atoms with Gasteiger partial charge in [0.05, 0.1) is 40.8 Å². The fraction of sp³-hybridized carbons (Fsp3) is 0. The van der Waals surface area contributed by atoms with Crippen LogP contribution in [0.5, 0.6) is 0 Å². The van der Waals surface area contributed by atoms with Crippen LogP contribution >= 0.6 is 69.6 Å². The molecule has 0 aliphatic heterocycles. The molecule has 0 unspecified atom stereocenters. The Morgan fingerprint density at radius 3 is 1.74 bits per heavy atom. The minimum atomic E-state index is -0.596. The molecule has 0 aliphatic rings. The molecule has 0 saturated carbocycles. The second kappa shape index (κ2) is 8.00. The lowest BCUT2D eigenvalue weighted by Crippen LogP contribution is -1.98. The molecule has 0 atom stereocenters. The third-order valence-corrected chi connectivity index (χ3v) is 5.89. The molecule has 0 amide bonds. The van der Waals surface area contributed by atoms with Crippen LogP contribution in [0.25, 0.3) is 22.5 Å². The third-order valence-electron chi connectivity index (χ3n) is 3.65. The zero-order valence-electron chi connectivity index (χ0n) is 12.9. The second-order valence-electron chi connectivity index (χ2n) is 5.26. The number of hydrogen-bond donors (Lipinski definition) is 0. The van der Waals surface area contributed by atoms with Gasteiger partial charge in [0.2, 0.25) is 0 Å². The third kappa shape index (κ3) is 3.83. The molecule has 0 radical (unpaired) electrons. The van der Waals surface area contributed by atoms with Crippen molar-refractivity contribution in [2.24, 2.45) is 0 Å². The lowest BCUT2D eigenvalue weighted by Gasteiger charge is -2.12. The summed E-state index contributed by atoms with van der Waals surface area (Å²) in [6.45, 7) is 0. The van der Waals surface area contributed by atoms with Crippen LogP contribution in [0.4, 0.5) is 5.69 Å². The fourth-order valence-corrected chi connectivity index (χ4v) is 3.86. The van der Waals surface area contributed by atoms with E-state index in [1.54, 1.807) is 6.07 Å². The highest BCUT2D eigenvalue weighted by Crippen LogP contribution is 2.44. The van der Waals surface area contributed by atoms with Crippen molar-refractivity contribution in [3.8, 4) is 22.5 Å². The van der Waals surface area contributed by atoms with Gasteiger partial charge in [-0.1, -0.05) is 69.6 Å². The van der Waals surface area contributed by atoms with Gasteiger partial charge < -0.3 is 0 Å². The van der Waals surface area contributed by atoms with E-state index in [1.807, 2.05) is 0 Å². The molecule has 1 heterocycles. The highest BCUT2D eigenvalue weighted by Gasteiger charge is 2.25. The summed E-state index contributed by atoms with van der Waals surface area (Å²) in [6, 6.07) is 8.72. The van der Waals surface area contributed by atoms with E-state index in [4.69, 9.17) is 69.6 Å². The largest absolute Gasteiger partial charge is 0.295 e. The van der Waals surface area contributed by atoms with Gasteiger partial charge in [0.25, 0.3) is 5.69 Å². The van der Waals surface area contributed by atoms with E-state index in [1.165, 1.54) is 30.3 Å². The predicted molar refractivity (Wildman–Crippen MR) is 112 cm³/mol. The Morgan fingerprint density at radius 2 is 1.19 bits per heavy atom. The molecule has 0 saturated heterocycles. The molecule has 0 N–H and O–H groups in total. The Kier molecular flexibility index (Phi) is 6.06. The van der Waals surface area contributed by atoms with Crippen molar-refractivity contribution in [2.45, 2.75) is 0 Å². The normalized spacial score (nSPS) is 10.9. The van der Waals surface area contributed by atoms with Gasteiger partial charge in [-0.2, -0.15) is 0 Å². The molecular weight excluding hydrogens is 477 g/mol. The van der Waals surface area contributed by atoms with E-state index >= 15 is 0 Å². The molecule has 4 nitrogen and oxygen atoms in total. The monoisotopic (exact) mass is 480 g/mol. The van der Waals surface area contributed by atoms with Gasteiger partial charge in [0.15, 0.2) is 5.69 Å².